The molecule has 7 rings (SSSR count). The minimum atomic E-state index is -1.27. The lowest BCUT2D eigenvalue weighted by atomic mass is 9.76. The highest BCUT2D eigenvalue weighted by atomic mass is 16.5. The number of rotatable bonds is 4. The van der Waals surface area contributed by atoms with Gasteiger partial charge in [-0.25, -0.2) is 0 Å². The molecule has 2 aromatic carbocycles. The van der Waals surface area contributed by atoms with Crippen LogP contribution in [0, 0.1) is 11.8 Å². The lowest BCUT2D eigenvalue weighted by Gasteiger charge is -2.30. The Balaban J connectivity index is 1.32. The topological polar surface area (TPSA) is 104 Å². The van der Waals surface area contributed by atoms with Crippen molar-refractivity contribution in [2.45, 2.75) is 36.9 Å². The molecule has 8 heteroatoms. The number of amides is 3. The van der Waals surface area contributed by atoms with E-state index in [0.29, 0.717) is 18.7 Å². The fourth-order valence-electron chi connectivity index (χ4n) is 6.70. The molecule has 0 unspecified atom stereocenters. The summed E-state index contributed by atoms with van der Waals surface area (Å²) in [6, 6.07) is 15.1. The highest BCUT2D eigenvalue weighted by molar-refractivity contribution is 6.15. The van der Waals surface area contributed by atoms with Gasteiger partial charge in [-0.05, 0) is 37.0 Å². The van der Waals surface area contributed by atoms with Crippen LogP contribution < -0.4 is 10.6 Å². The number of para-hydroxylation sites is 2. The first-order valence-electron chi connectivity index (χ1n) is 12.3. The Morgan fingerprint density at radius 1 is 1.03 bits per heavy atom. The molecule has 3 amide bonds. The molecule has 3 saturated heterocycles. The van der Waals surface area contributed by atoms with E-state index in [2.05, 4.69) is 15.6 Å². The fraction of sp³-hybridized carbons (Fsp3) is 0.370. The van der Waals surface area contributed by atoms with E-state index in [-0.39, 0.29) is 36.4 Å². The van der Waals surface area contributed by atoms with Crippen molar-refractivity contribution in [2.75, 3.05) is 18.5 Å². The standard InChI is InChI=1S/C27H26N4O4/c32-24-22-21(12-15-13-28-19-9-3-1-7-17(15)19)30-27(18-8-2-4-10-20(18)29-26(27)34)23(22)25(33)31(24)14-16-6-5-11-35-16/h1-4,7-10,13,16,21-23,28,30H,5-6,11-12,14H2,(H,29,34)/t16-,21-,22-,23+,27+/m0/s1. The first kappa shape index (κ1) is 20.8. The van der Waals surface area contributed by atoms with Gasteiger partial charge in [0.05, 0.1) is 24.5 Å². The van der Waals surface area contributed by atoms with Gasteiger partial charge in [0.1, 0.15) is 5.54 Å². The number of hydrogen-bond donors (Lipinski definition) is 3. The average molecular weight is 471 g/mol. The molecule has 35 heavy (non-hydrogen) atoms. The van der Waals surface area contributed by atoms with Crippen molar-refractivity contribution >= 4 is 34.3 Å². The summed E-state index contributed by atoms with van der Waals surface area (Å²) in [6.07, 6.45) is 4.11. The molecule has 4 aliphatic heterocycles. The number of nitrogens with zero attached hydrogens (tertiary/aromatic N) is 1. The molecule has 5 atom stereocenters. The quantitative estimate of drug-likeness (QED) is 0.508. The van der Waals surface area contributed by atoms with E-state index in [1.54, 1.807) is 0 Å². The molecule has 1 spiro atoms. The molecular weight excluding hydrogens is 444 g/mol. The fourth-order valence-corrected chi connectivity index (χ4v) is 6.70. The number of anilines is 1. The van der Waals surface area contributed by atoms with Crippen molar-refractivity contribution in [2.24, 2.45) is 11.8 Å². The smallest absolute Gasteiger partial charge is 0.250 e. The number of carbonyl (C=O) groups is 3. The van der Waals surface area contributed by atoms with Crippen LogP contribution in [0.25, 0.3) is 10.9 Å². The number of ether oxygens (including phenoxy) is 1. The molecule has 4 aliphatic rings. The zero-order valence-electron chi connectivity index (χ0n) is 19.1. The maximum absolute atomic E-state index is 13.9. The minimum Gasteiger partial charge on any atom is -0.376 e. The summed E-state index contributed by atoms with van der Waals surface area (Å²) in [5.74, 6) is -2.18. The molecule has 5 heterocycles. The predicted octanol–water partition coefficient (Wildman–Crippen LogP) is 2.31. The lowest BCUT2D eigenvalue weighted by Crippen LogP contribution is -2.54. The lowest BCUT2D eigenvalue weighted by molar-refractivity contribution is -0.144. The predicted molar refractivity (Wildman–Crippen MR) is 128 cm³/mol. The average Bonchev–Trinajstić information content (AvgIpc) is 3.67. The zero-order chi connectivity index (χ0) is 23.7. The van der Waals surface area contributed by atoms with Crippen LogP contribution in [0.5, 0.6) is 0 Å². The Hall–Kier alpha value is -3.49. The molecule has 1 aromatic heterocycles. The number of carbonyl (C=O) groups excluding carboxylic acids is 3. The Labute approximate surface area is 202 Å². The largest absolute Gasteiger partial charge is 0.376 e. The van der Waals surface area contributed by atoms with Gasteiger partial charge in [-0.3, -0.25) is 24.6 Å². The Morgan fingerprint density at radius 2 is 1.86 bits per heavy atom. The number of fused-ring (bicyclic) bond motifs is 5. The van der Waals surface area contributed by atoms with Crippen LogP contribution in [0.15, 0.2) is 54.7 Å². The van der Waals surface area contributed by atoms with E-state index >= 15 is 0 Å². The highest BCUT2D eigenvalue weighted by Gasteiger charge is 2.70. The van der Waals surface area contributed by atoms with Gasteiger partial charge in [0, 0.05) is 41.0 Å². The minimum absolute atomic E-state index is 0.137. The van der Waals surface area contributed by atoms with Gasteiger partial charge in [-0.1, -0.05) is 36.4 Å². The van der Waals surface area contributed by atoms with E-state index in [4.69, 9.17) is 4.74 Å². The summed E-state index contributed by atoms with van der Waals surface area (Å²) < 4.78 is 5.74. The van der Waals surface area contributed by atoms with Gasteiger partial charge >= 0.3 is 0 Å². The third-order valence-corrected chi connectivity index (χ3v) is 8.24. The van der Waals surface area contributed by atoms with Crippen molar-refractivity contribution in [3.8, 4) is 0 Å². The maximum Gasteiger partial charge on any atom is 0.250 e. The molecule has 3 aromatic rings. The molecule has 3 fully saturated rings. The number of nitrogens with one attached hydrogen (secondary N) is 3. The van der Waals surface area contributed by atoms with Crippen LogP contribution in [0.1, 0.15) is 24.0 Å². The van der Waals surface area contributed by atoms with Gasteiger partial charge in [0.15, 0.2) is 0 Å². The van der Waals surface area contributed by atoms with Gasteiger partial charge in [-0.2, -0.15) is 0 Å². The molecule has 0 aliphatic carbocycles. The Morgan fingerprint density at radius 3 is 2.71 bits per heavy atom. The second kappa shape index (κ2) is 7.50. The number of benzene rings is 2. The molecule has 3 N–H and O–H groups in total. The molecule has 0 saturated carbocycles. The number of H-pyrrole nitrogens is 1. The molecule has 8 nitrogen and oxygen atoms in total. The summed E-state index contributed by atoms with van der Waals surface area (Å²) >= 11 is 0. The Bertz CT molecular complexity index is 1380. The van der Waals surface area contributed by atoms with E-state index in [1.165, 1.54) is 4.90 Å². The van der Waals surface area contributed by atoms with Crippen molar-refractivity contribution in [1.29, 1.82) is 0 Å². The van der Waals surface area contributed by atoms with Crippen molar-refractivity contribution in [3.05, 3.63) is 65.9 Å². The molecular formula is C27H26N4O4. The first-order chi connectivity index (χ1) is 17.1. The van der Waals surface area contributed by atoms with Gasteiger partial charge < -0.3 is 15.0 Å². The summed E-state index contributed by atoms with van der Waals surface area (Å²) in [6.45, 7) is 0.905. The van der Waals surface area contributed by atoms with Crippen LogP contribution in [0.4, 0.5) is 5.69 Å². The van der Waals surface area contributed by atoms with Gasteiger partial charge in [0.25, 0.3) is 0 Å². The monoisotopic (exact) mass is 470 g/mol. The zero-order valence-corrected chi connectivity index (χ0v) is 19.1. The van der Waals surface area contributed by atoms with Gasteiger partial charge in [-0.15, -0.1) is 0 Å². The second-order valence-corrected chi connectivity index (χ2v) is 10.0. The molecule has 0 bridgehead atoms. The van der Waals surface area contributed by atoms with Crippen molar-refractivity contribution in [1.82, 2.24) is 15.2 Å². The third kappa shape index (κ3) is 2.84. The normalized spacial score (nSPS) is 31.5. The second-order valence-electron chi connectivity index (χ2n) is 10.0. The summed E-state index contributed by atoms with van der Waals surface area (Å²) in [7, 11) is 0. The first-order valence-corrected chi connectivity index (χ1v) is 12.3. The molecule has 178 valence electrons. The number of aromatic nitrogens is 1. The SMILES string of the molecule is O=C1[C@H]2[C@H](Cc3c[nH]c4ccccc34)N[C@@]3(C(=O)Nc4ccccc43)[C@H]2C(=O)N1C[C@@H]1CCCO1. The van der Waals surface area contributed by atoms with E-state index < -0.39 is 17.4 Å². The summed E-state index contributed by atoms with van der Waals surface area (Å²) in [5, 5.41) is 7.57. The van der Waals surface area contributed by atoms with Crippen LogP contribution in [-0.2, 0) is 31.1 Å². The van der Waals surface area contributed by atoms with Crippen LogP contribution in [0.3, 0.4) is 0 Å². The third-order valence-electron chi connectivity index (χ3n) is 8.24. The van der Waals surface area contributed by atoms with Gasteiger partial charge in [0.2, 0.25) is 17.7 Å². The number of hydrogen-bond acceptors (Lipinski definition) is 5. The van der Waals surface area contributed by atoms with Crippen molar-refractivity contribution < 1.29 is 19.1 Å². The Kier molecular flexibility index (Phi) is 4.47. The number of aromatic amines is 1. The van der Waals surface area contributed by atoms with Crippen LogP contribution >= 0.6 is 0 Å². The van der Waals surface area contributed by atoms with Crippen LogP contribution in [-0.4, -0.2) is 52.9 Å². The summed E-state index contributed by atoms with van der Waals surface area (Å²) in [5.41, 5.74) is 2.23. The van der Waals surface area contributed by atoms with E-state index in [1.807, 2.05) is 54.7 Å². The highest BCUT2D eigenvalue weighted by Crippen LogP contribution is 2.53. The maximum atomic E-state index is 13.9. The summed E-state index contributed by atoms with van der Waals surface area (Å²) in [4.78, 5) is 45.9. The van der Waals surface area contributed by atoms with E-state index in [9.17, 15) is 14.4 Å². The number of imide groups is 1. The molecule has 0 radical (unpaired) electrons. The van der Waals surface area contributed by atoms with Crippen LogP contribution in [0.2, 0.25) is 0 Å². The van der Waals surface area contributed by atoms with E-state index in [0.717, 1.165) is 34.9 Å². The van der Waals surface area contributed by atoms with Crippen molar-refractivity contribution in [3.63, 3.8) is 0 Å². The number of likely N-dealkylation sites (tertiary alicyclic amines) is 1.